The highest BCUT2D eigenvalue weighted by molar-refractivity contribution is 6.00. The van der Waals surface area contributed by atoms with Crippen LogP contribution in [0.1, 0.15) is 5.56 Å². The van der Waals surface area contributed by atoms with Crippen LogP contribution < -0.4 is 5.73 Å². The quantitative estimate of drug-likeness (QED) is 0.334. The molecule has 2 rings (SSSR count). The van der Waals surface area contributed by atoms with Crippen LogP contribution in [0.4, 0.5) is 4.39 Å². The van der Waals surface area contributed by atoms with Gasteiger partial charge in [-0.15, -0.1) is 0 Å². The number of halogens is 1. The first-order valence-electron chi connectivity index (χ1n) is 4.35. The Morgan fingerprint density at radius 1 is 1.50 bits per heavy atom. The van der Waals surface area contributed by atoms with Gasteiger partial charge in [-0.25, -0.2) is 14.1 Å². The molecule has 2 aromatic rings. The van der Waals surface area contributed by atoms with Crippen LogP contribution in [0.2, 0.25) is 0 Å². The lowest BCUT2D eigenvalue weighted by atomic mass is 10.1. The molecule has 1 heterocycles. The lowest BCUT2D eigenvalue weighted by Crippen LogP contribution is -2.17. The average molecular weight is 221 g/mol. The van der Waals surface area contributed by atoms with Crippen molar-refractivity contribution in [3.8, 4) is 5.69 Å². The Kier molecular flexibility index (Phi) is 2.50. The van der Waals surface area contributed by atoms with E-state index in [2.05, 4.69) is 15.2 Å². The Morgan fingerprint density at radius 3 is 2.94 bits per heavy atom. The molecule has 0 unspecified atom stereocenters. The molecule has 0 amide bonds. The van der Waals surface area contributed by atoms with E-state index in [1.807, 2.05) is 0 Å². The molecule has 6 nitrogen and oxygen atoms in total. The zero-order chi connectivity index (χ0) is 11.5. The normalized spacial score (nSPS) is 11.7. The van der Waals surface area contributed by atoms with Gasteiger partial charge in [-0.2, -0.15) is 5.10 Å². The van der Waals surface area contributed by atoms with Crippen molar-refractivity contribution in [2.45, 2.75) is 0 Å². The molecule has 7 heteroatoms. The first-order valence-corrected chi connectivity index (χ1v) is 4.35. The van der Waals surface area contributed by atoms with Crippen LogP contribution in [0.3, 0.4) is 0 Å². The highest BCUT2D eigenvalue weighted by Crippen LogP contribution is 2.14. The molecule has 0 fully saturated rings. The summed E-state index contributed by atoms with van der Waals surface area (Å²) in [5.74, 6) is -0.671. The Balaban J connectivity index is 2.62. The number of benzene rings is 1. The smallest absolute Gasteiger partial charge is 0.172 e. The topological polar surface area (TPSA) is 89.3 Å². The van der Waals surface area contributed by atoms with Crippen LogP contribution in [0, 0.1) is 5.82 Å². The van der Waals surface area contributed by atoms with Gasteiger partial charge in [0.05, 0.1) is 5.69 Å². The lowest BCUT2D eigenvalue weighted by molar-refractivity contribution is 0.318. The van der Waals surface area contributed by atoms with Crippen LogP contribution in [0.5, 0.6) is 0 Å². The SMILES string of the molecule is NC(=NO)c1cc(F)ccc1-n1cncn1. The van der Waals surface area contributed by atoms with Gasteiger partial charge < -0.3 is 10.9 Å². The van der Waals surface area contributed by atoms with Crippen molar-refractivity contribution >= 4 is 5.84 Å². The summed E-state index contributed by atoms with van der Waals surface area (Å²) in [5, 5.41) is 15.3. The Labute approximate surface area is 89.8 Å². The minimum atomic E-state index is -0.481. The fourth-order valence-electron chi connectivity index (χ4n) is 1.30. The number of amidine groups is 1. The summed E-state index contributed by atoms with van der Waals surface area (Å²) in [7, 11) is 0. The zero-order valence-corrected chi connectivity index (χ0v) is 8.08. The van der Waals surface area contributed by atoms with Crippen LogP contribution in [-0.2, 0) is 0 Å². The maximum absolute atomic E-state index is 13.0. The molecule has 1 aromatic carbocycles. The van der Waals surface area contributed by atoms with E-state index in [0.29, 0.717) is 5.69 Å². The molecule has 3 N–H and O–H groups in total. The minimum absolute atomic E-state index is 0.190. The van der Waals surface area contributed by atoms with E-state index in [1.165, 1.54) is 29.5 Å². The molecule has 16 heavy (non-hydrogen) atoms. The van der Waals surface area contributed by atoms with E-state index in [4.69, 9.17) is 10.9 Å². The molecular formula is C9H8FN5O. The van der Waals surface area contributed by atoms with E-state index < -0.39 is 5.82 Å². The van der Waals surface area contributed by atoms with E-state index in [1.54, 1.807) is 0 Å². The molecule has 82 valence electrons. The summed E-state index contributed by atoms with van der Waals surface area (Å²) < 4.78 is 14.4. The third kappa shape index (κ3) is 1.70. The molecule has 0 saturated heterocycles. The van der Waals surface area contributed by atoms with E-state index in [-0.39, 0.29) is 11.4 Å². The second-order valence-corrected chi connectivity index (χ2v) is 2.99. The van der Waals surface area contributed by atoms with Gasteiger partial charge in [0.1, 0.15) is 18.5 Å². The Bertz CT molecular complexity index is 523. The van der Waals surface area contributed by atoms with Crippen molar-refractivity contribution in [3.63, 3.8) is 0 Å². The molecule has 0 atom stereocenters. The van der Waals surface area contributed by atoms with Crippen molar-refractivity contribution in [2.75, 3.05) is 0 Å². The molecule has 0 aliphatic rings. The van der Waals surface area contributed by atoms with E-state index >= 15 is 0 Å². The molecule has 0 spiro atoms. The zero-order valence-electron chi connectivity index (χ0n) is 8.08. The van der Waals surface area contributed by atoms with Gasteiger partial charge in [0.15, 0.2) is 5.84 Å². The fraction of sp³-hybridized carbons (Fsp3) is 0. The van der Waals surface area contributed by atoms with Crippen LogP contribution >= 0.6 is 0 Å². The second kappa shape index (κ2) is 3.97. The first-order chi connectivity index (χ1) is 7.72. The summed E-state index contributed by atoms with van der Waals surface area (Å²) in [5.41, 5.74) is 6.17. The van der Waals surface area contributed by atoms with Crippen LogP contribution in [0.15, 0.2) is 36.0 Å². The monoisotopic (exact) mass is 221 g/mol. The highest BCUT2D eigenvalue weighted by atomic mass is 19.1. The maximum atomic E-state index is 13.0. The molecule has 1 aromatic heterocycles. The molecule has 0 bridgehead atoms. The molecule has 0 aliphatic carbocycles. The number of rotatable bonds is 2. The maximum Gasteiger partial charge on any atom is 0.172 e. The summed E-state index contributed by atoms with van der Waals surface area (Å²) in [6.07, 6.45) is 2.76. The van der Waals surface area contributed by atoms with Gasteiger partial charge in [0, 0.05) is 5.56 Å². The molecular weight excluding hydrogens is 213 g/mol. The summed E-state index contributed by atoms with van der Waals surface area (Å²) >= 11 is 0. The van der Waals surface area contributed by atoms with Crippen molar-refractivity contribution in [2.24, 2.45) is 10.9 Å². The van der Waals surface area contributed by atoms with Crippen molar-refractivity contribution in [1.82, 2.24) is 14.8 Å². The number of nitrogens with zero attached hydrogens (tertiary/aromatic N) is 4. The number of oxime groups is 1. The summed E-state index contributed by atoms with van der Waals surface area (Å²) in [4.78, 5) is 3.76. The predicted molar refractivity (Wildman–Crippen MR) is 53.8 cm³/mol. The van der Waals surface area contributed by atoms with Crippen molar-refractivity contribution in [3.05, 3.63) is 42.2 Å². The fourth-order valence-corrected chi connectivity index (χ4v) is 1.30. The Morgan fingerprint density at radius 2 is 2.31 bits per heavy atom. The average Bonchev–Trinajstić information content (AvgIpc) is 2.81. The van der Waals surface area contributed by atoms with Gasteiger partial charge in [-0.1, -0.05) is 5.16 Å². The number of hydrogen-bond donors (Lipinski definition) is 2. The van der Waals surface area contributed by atoms with E-state index in [9.17, 15) is 4.39 Å². The Hall–Kier alpha value is -2.44. The molecule has 0 saturated carbocycles. The third-order valence-corrected chi connectivity index (χ3v) is 2.01. The number of aromatic nitrogens is 3. The van der Waals surface area contributed by atoms with Gasteiger partial charge in [-0.3, -0.25) is 0 Å². The number of hydrogen-bond acceptors (Lipinski definition) is 4. The van der Waals surface area contributed by atoms with Gasteiger partial charge >= 0.3 is 0 Å². The van der Waals surface area contributed by atoms with Gasteiger partial charge in [0.25, 0.3) is 0 Å². The summed E-state index contributed by atoms with van der Waals surface area (Å²) in [6.45, 7) is 0. The highest BCUT2D eigenvalue weighted by Gasteiger charge is 2.10. The van der Waals surface area contributed by atoms with Crippen molar-refractivity contribution in [1.29, 1.82) is 0 Å². The summed E-state index contributed by atoms with van der Waals surface area (Å²) in [6, 6.07) is 3.88. The first kappa shape index (κ1) is 10.1. The number of nitrogens with two attached hydrogens (primary N) is 1. The van der Waals surface area contributed by atoms with Gasteiger partial charge in [0.2, 0.25) is 0 Å². The third-order valence-electron chi connectivity index (χ3n) is 2.01. The van der Waals surface area contributed by atoms with Crippen LogP contribution in [-0.4, -0.2) is 25.8 Å². The minimum Gasteiger partial charge on any atom is -0.409 e. The second-order valence-electron chi connectivity index (χ2n) is 2.99. The van der Waals surface area contributed by atoms with E-state index in [0.717, 1.165) is 6.07 Å². The van der Waals surface area contributed by atoms with Crippen LogP contribution in [0.25, 0.3) is 5.69 Å². The van der Waals surface area contributed by atoms with Gasteiger partial charge in [-0.05, 0) is 18.2 Å². The largest absolute Gasteiger partial charge is 0.409 e. The lowest BCUT2D eigenvalue weighted by Gasteiger charge is -2.07. The predicted octanol–water partition coefficient (Wildman–Crippen LogP) is 0.501. The standard InChI is InChI=1S/C9H8FN5O/c10-6-1-2-8(15-5-12-4-13-15)7(3-6)9(11)14-16/h1-5,16H,(H2,11,14). The molecule has 0 radical (unpaired) electrons. The van der Waals surface area contributed by atoms with Crippen molar-refractivity contribution < 1.29 is 9.60 Å². The molecule has 0 aliphatic heterocycles.